The van der Waals surface area contributed by atoms with Gasteiger partial charge in [-0.2, -0.15) is 0 Å². The fourth-order valence-corrected chi connectivity index (χ4v) is 4.96. The quantitative estimate of drug-likeness (QED) is 0.669. The Morgan fingerprint density at radius 2 is 1.91 bits per heavy atom. The Hall–Kier alpha value is -2.98. The summed E-state index contributed by atoms with van der Waals surface area (Å²) in [6.45, 7) is 10.1. The highest BCUT2D eigenvalue weighted by Gasteiger charge is 2.53. The van der Waals surface area contributed by atoms with Crippen LogP contribution in [0.2, 0.25) is 0 Å². The summed E-state index contributed by atoms with van der Waals surface area (Å²) in [7, 11) is 0. The van der Waals surface area contributed by atoms with E-state index in [2.05, 4.69) is 15.6 Å². The number of amides is 2. The second kappa shape index (κ2) is 8.99. The number of ether oxygens (including phenoxy) is 3. The Labute approximate surface area is 202 Å². The van der Waals surface area contributed by atoms with E-state index in [1.54, 1.807) is 50.4 Å². The smallest absolute Gasteiger partial charge is 0.413 e. The van der Waals surface area contributed by atoms with Gasteiger partial charge >= 0.3 is 6.09 Å². The maximum atomic E-state index is 12.7. The maximum Gasteiger partial charge on any atom is 0.413 e. The molecule has 2 atom stereocenters. The Balaban J connectivity index is 1.61. The summed E-state index contributed by atoms with van der Waals surface area (Å²) < 4.78 is 17.3. The van der Waals surface area contributed by atoms with E-state index in [4.69, 9.17) is 19.2 Å². The van der Waals surface area contributed by atoms with Crippen molar-refractivity contribution < 1.29 is 23.8 Å². The molecular weight excluding hydrogens is 456 g/mol. The van der Waals surface area contributed by atoms with Crippen molar-refractivity contribution in [1.82, 2.24) is 10.3 Å². The van der Waals surface area contributed by atoms with Crippen LogP contribution in [-0.2, 0) is 19.7 Å². The molecule has 0 spiro atoms. The van der Waals surface area contributed by atoms with E-state index in [1.165, 1.54) is 11.3 Å². The Morgan fingerprint density at radius 1 is 1.18 bits per heavy atom. The van der Waals surface area contributed by atoms with Gasteiger partial charge in [0.05, 0.1) is 18.8 Å². The fraction of sp³-hybridized carbons (Fsp3) is 0.500. The van der Waals surface area contributed by atoms with Crippen LogP contribution in [0.3, 0.4) is 0 Å². The summed E-state index contributed by atoms with van der Waals surface area (Å²) >= 11 is 1.37. The third-order valence-corrected chi connectivity index (χ3v) is 6.59. The van der Waals surface area contributed by atoms with Gasteiger partial charge < -0.3 is 14.2 Å². The van der Waals surface area contributed by atoms with Gasteiger partial charge in [-0.25, -0.2) is 14.8 Å². The van der Waals surface area contributed by atoms with Crippen molar-refractivity contribution in [3.63, 3.8) is 0 Å². The molecule has 9 nitrogen and oxygen atoms in total. The van der Waals surface area contributed by atoms with E-state index in [0.29, 0.717) is 29.4 Å². The van der Waals surface area contributed by atoms with Gasteiger partial charge in [-0.15, -0.1) is 11.3 Å². The normalized spacial score (nSPS) is 23.7. The van der Waals surface area contributed by atoms with Crippen LogP contribution in [0.4, 0.5) is 10.6 Å². The number of aliphatic imine (C=N–C) groups is 1. The number of carbonyl (C=O) groups is 2. The predicted molar refractivity (Wildman–Crippen MR) is 129 cm³/mol. The van der Waals surface area contributed by atoms with Crippen molar-refractivity contribution in [2.45, 2.75) is 57.8 Å². The predicted octanol–water partition coefficient (Wildman–Crippen LogP) is 4.32. The van der Waals surface area contributed by atoms with Gasteiger partial charge in [-0.05, 0) is 53.2 Å². The average Bonchev–Trinajstić information content (AvgIpc) is 3.21. The summed E-state index contributed by atoms with van der Waals surface area (Å²) in [6, 6.07) is 9.00. The second-order valence-corrected chi connectivity index (χ2v) is 10.9. The van der Waals surface area contributed by atoms with Crippen LogP contribution in [0.5, 0.6) is 0 Å². The van der Waals surface area contributed by atoms with Crippen molar-refractivity contribution in [1.29, 1.82) is 0 Å². The van der Waals surface area contributed by atoms with E-state index in [1.807, 2.05) is 19.9 Å². The number of anilines is 1. The molecule has 2 N–H and O–H groups in total. The molecule has 1 saturated heterocycles. The van der Waals surface area contributed by atoms with E-state index < -0.39 is 17.2 Å². The van der Waals surface area contributed by atoms with Gasteiger partial charge in [-0.1, -0.05) is 18.2 Å². The van der Waals surface area contributed by atoms with Crippen molar-refractivity contribution in [2.24, 2.45) is 10.9 Å². The van der Waals surface area contributed by atoms with Gasteiger partial charge in [0, 0.05) is 16.9 Å². The molecule has 2 aromatic rings. The molecule has 10 heteroatoms. The minimum Gasteiger partial charge on any atom is -0.465 e. The first-order valence-electron chi connectivity index (χ1n) is 11.1. The highest BCUT2D eigenvalue weighted by molar-refractivity contribution is 7.10. The first-order chi connectivity index (χ1) is 16.0. The number of rotatable bonds is 3. The van der Waals surface area contributed by atoms with E-state index >= 15 is 0 Å². The van der Waals surface area contributed by atoms with Crippen molar-refractivity contribution >= 4 is 35.2 Å². The van der Waals surface area contributed by atoms with Gasteiger partial charge in [0.2, 0.25) is 0 Å². The number of nitrogens with zero attached hydrogens (tertiary/aromatic N) is 2. The number of hydrogen-bond donors (Lipinski definition) is 2. The van der Waals surface area contributed by atoms with Crippen LogP contribution in [-0.4, -0.2) is 47.4 Å². The number of fused-ring (bicyclic) bond motifs is 1. The SMILES string of the molecule is CC(C)(C)OC(=O)Nc1csc([C@]23COC(C)(C)C[C@H]2COC(NC(=O)c2ccccc2)=N3)n1. The maximum absolute atomic E-state index is 12.7. The molecule has 0 aliphatic carbocycles. The topological polar surface area (TPSA) is 111 Å². The standard InChI is InChI=1S/C24H30N4O5S/c1-22(2,3)33-21(30)26-17-13-34-19(25-17)24-14-32-23(4,5)11-16(24)12-31-20(28-24)27-18(29)15-9-7-6-8-10-15/h6-10,13,16H,11-12,14H2,1-5H3,(H,26,30)(H,27,28,29)/t16-,24-/m0/s1. The lowest BCUT2D eigenvalue weighted by Gasteiger charge is -2.47. The number of nitrogens with one attached hydrogen (secondary N) is 2. The van der Waals surface area contributed by atoms with Crippen molar-refractivity contribution in [3.05, 3.63) is 46.3 Å². The third kappa shape index (κ3) is 5.39. The highest BCUT2D eigenvalue weighted by atomic mass is 32.1. The van der Waals surface area contributed by atoms with Crippen molar-refractivity contribution in [2.75, 3.05) is 18.5 Å². The average molecular weight is 487 g/mol. The minimum atomic E-state index is -0.842. The summed E-state index contributed by atoms with van der Waals surface area (Å²) in [5.74, 6) is 0.0503. The minimum absolute atomic E-state index is 0.0193. The van der Waals surface area contributed by atoms with E-state index in [9.17, 15) is 9.59 Å². The van der Waals surface area contributed by atoms with Gasteiger partial charge in [0.25, 0.3) is 11.9 Å². The molecule has 0 bridgehead atoms. The molecule has 0 radical (unpaired) electrons. The molecule has 2 amide bonds. The number of amidine groups is 1. The molecule has 4 rings (SSSR count). The molecule has 0 unspecified atom stereocenters. The van der Waals surface area contributed by atoms with Gasteiger partial charge in [0.1, 0.15) is 22.0 Å². The molecule has 3 heterocycles. The monoisotopic (exact) mass is 486 g/mol. The van der Waals surface area contributed by atoms with Crippen LogP contribution < -0.4 is 10.6 Å². The number of carbonyl (C=O) groups excluding carboxylic acids is 2. The molecule has 34 heavy (non-hydrogen) atoms. The Bertz CT molecular complexity index is 1090. The number of aromatic nitrogens is 1. The second-order valence-electron chi connectivity index (χ2n) is 10.1. The fourth-order valence-electron chi connectivity index (χ4n) is 4.00. The van der Waals surface area contributed by atoms with Gasteiger partial charge in [-0.3, -0.25) is 15.4 Å². The Kier molecular flexibility index (Phi) is 6.39. The van der Waals surface area contributed by atoms with Crippen LogP contribution >= 0.6 is 11.3 Å². The summed E-state index contributed by atoms with van der Waals surface area (Å²) in [4.78, 5) is 34.4. The number of hydrogen-bond acceptors (Lipinski definition) is 8. The van der Waals surface area contributed by atoms with Gasteiger partial charge in [0.15, 0.2) is 0 Å². The van der Waals surface area contributed by atoms with Crippen LogP contribution in [0, 0.1) is 5.92 Å². The molecule has 2 aliphatic rings. The highest BCUT2D eigenvalue weighted by Crippen LogP contribution is 2.47. The lowest BCUT2D eigenvalue weighted by Crippen LogP contribution is -2.55. The zero-order valence-electron chi connectivity index (χ0n) is 20.0. The summed E-state index contributed by atoms with van der Waals surface area (Å²) in [6.07, 6.45) is 0.121. The molecule has 1 aromatic heterocycles. The molecule has 1 fully saturated rings. The van der Waals surface area contributed by atoms with Crippen LogP contribution in [0.1, 0.15) is 56.4 Å². The molecular formula is C24H30N4O5S. The van der Waals surface area contributed by atoms with Crippen molar-refractivity contribution in [3.8, 4) is 0 Å². The Morgan fingerprint density at radius 3 is 2.62 bits per heavy atom. The van der Waals surface area contributed by atoms with Crippen LogP contribution in [0.25, 0.3) is 0 Å². The first kappa shape index (κ1) is 24.2. The lowest BCUT2D eigenvalue weighted by atomic mass is 9.76. The number of thiazole rings is 1. The number of benzene rings is 1. The van der Waals surface area contributed by atoms with E-state index in [-0.39, 0.29) is 30.1 Å². The molecule has 1 aromatic carbocycles. The van der Waals surface area contributed by atoms with Crippen LogP contribution in [0.15, 0.2) is 40.7 Å². The summed E-state index contributed by atoms with van der Waals surface area (Å²) in [5.41, 5.74) is -1.30. The lowest BCUT2D eigenvalue weighted by molar-refractivity contribution is -0.128. The van der Waals surface area contributed by atoms with E-state index in [0.717, 1.165) is 0 Å². The first-order valence-corrected chi connectivity index (χ1v) is 12.0. The molecule has 182 valence electrons. The largest absolute Gasteiger partial charge is 0.465 e. The summed E-state index contributed by atoms with van der Waals surface area (Å²) in [5, 5.41) is 7.87. The zero-order chi connectivity index (χ0) is 24.6. The zero-order valence-corrected chi connectivity index (χ0v) is 20.8. The third-order valence-electron chi connectivity index (χ3n) is 5.58. The molecule has 2 aliphatic heterocycles. The molecule has 0 saturated carbocycles.